The molecule has 0 bridgehead atoms. The maximum Gasteiger partial charge on any atom is 0.262 e. The predicted octanol–water partition coefficient (Wildman–Crippen LogP) is 4.56. The van der Waals surface area contributed by atoms with E-state index in [1.54, 1.807) is 30.3 Å². The topological polar surface area (TPSA) is 80.6 Å². The van der Waals surface area contributed by atoms with Crippen molar-refractivity contribution in [3.63, 3.8) is 0 Å². The van der Waals surface area contributed by atoms with E-state index in [0.29, 0.717) is 17.1 Å². The predicted molar refractivity (Wildman–Crippen MR) is 109 cm³/mol. The number of rotatable bonds is 5. The number of para-hydroxylation sites is 1. The fraction of sp³-hybridized carbons (Fsp3) is 0.0909. The summed E-state index contributed by atoms with van der Waals surface area (Å²) in [6.07, 6.45) is 0. The molecule has 0 fully saturated rings. The van der Waals surface area contributed by atoms with Crippen molar-refractivity contribution in [3.8, 4) is 5.75 Å². The fourth-order valence-electron chi connectivity index (χ4n) is 2.98. The summed E-state index contributed by atoms with van der Waals surface area (Å²) in [7, 11) is 0. The highest BCUT2D eigenvalue weighted by atomic mass is 16.5. The molecule has 6 heteroatoms. The number of amides is 2. The number of hydrogen-bond donors (Lipinski definition) is 2. The maximum atomic E-state index is 12.2. The van der Waals surface area contributed by atoms with Crippen LogP contribution in [0.15, 0.2) is 71.1 Å². The van der Waals surface area contributed by atoms with Gasteiger partial charge < -0.3 is 19.8 Å². The zero-order valence-corrected chi connectivity index (χ0v) is 15.2. The van der Waals surface area contributed by atoms with Crippen LogP contribution in [0, 0.1) is 0 Å². The van der Waals surface area contributed by atoms with Gasteiger partial charge in [-0.2, -0.15) is 0 Å². The molecular formula is C22H18N2O4. The standard InChI is InChI=1S/C22H18N2O4/c1-14(25)23-15-6-8-16(9-7-15)24-22(26)13-27-17-10-11-21-19(12-17)18-4-2-3-5-20(18)28-21/h2-12H,13H2,1H3,(H,23,25)(H,24,26). The summed E-state index contributed by atoms with van der Waals surface area (Å²) in [6, 6.07) is 20.1. The molecule has 0 unspecified atom stereocenters. The van der Waals surface area contributed by atoms with Crippen molar-refractivity contribution in [2.45, 2.75) is 6.92 Å². The first kappa shape index (κ1) is 17.6. The lowest BCUT2D eigenvalue weighted by atomic mass is 10.1. The second kappa shape index (κ2) is 7.44. The zero-order chi connectivity index (χ0) is 19.5. The molecule has 0 spiro atoms. The molecule has 2 N–H and O–H groups in total. The molecule has 0 aliphatic carbocycles. The summed E-state index contributed by atoms with van der Waals surface area (Å²) in [4.78, 5) is 23.2. The van der Waals surface area contributed by atoms with Gasteiger partial charge in [0.1, 0.15) is 16.9 Å². The molecule has 0 saturated heterocycles. The minimum absolute atomic E-state index is 0.116. The van der Waals surface area contributed by atoms with Crippen molar-refractivity contribution >= 4 is 45.1 Å². The van der Waals surface area contributed by atoms with Crippen molar-refractivity contribution in [2.24, 2.45) is 0 Å². The van der Waals surface area contributed by atoms with E-state index < -0.39 is 0 Å². The average molecular weight is 374 g/mol. The number of carbonyl (C=O) groups is 2. The summed E-state index contributed by atoms with van der Waals surface area (Å²) in [6.45, 7) is 1.32. The van der Waals surface area contributed by atoms with Gasteiger partial charge in [0.05, 0.1) is 0 Å². The van der Waals surface area contributed by atoms with Gasteiger partial charge in [-0.3, -0.25) is 9.59 Å². The van der Waals surface area contributed by atoms with E-state index in [2.05, 4.69) is 10.6 Å². The summed E-state index contributed by atoms with van der Waals surface area (Å²) in [5.41, 5.74) is 2.88. The van der Waals surface area contributed by atoms with Crippen LogP contribution in [0.1, 0.15) is 6.92 Å². The minimum Gasteiger partial charge on any atom is -0.484 e. The third kappa shape index (κ3) is 3.81. The lowest BCUT2D eigenvalue weighted by Gasteiger charge is -2.08. The highest BCUT2D eigenvalue weighted by molar-refractivity contribution is 6.05. The third-order valence-corrected chi connectivity index (χ3v) is 4.21. The molecule has 0 aliphatic heterocycles. The molecule has 140 valence electrons. The van der Waals surface area contributed by atoms with Crippen LogP contribution in [0.25, 0.3) is 21.9 Å². The van der Waals surface area contributed by atoms with Gasteiger partial charge in [0.25, 0.3) is 5.91 Å². The Kier molecular flexibility index (Phi) is 4.68. The first-order valence-electron chi connectivity index (χ1n) is 8.80. The van der Waals surface area contributed by atoms with Gasteiger partial charge in [0, 0.05) is 29.1 Å². The molecule has 0 aliphatic rings. The van der Waals surface area contributed by atoms with E-state index in [1.165, 1.54) is 6.92 Å². The molecule has 1 heterocycles. The molecule has 4 rings (SSSR count). The second-order valence-electron chi connectivity index (χ2n) is 6.35. The molecule has 1 aromatic heterocycles. The number of nitrogens with one attached hydrogen (secondary N) is 2. The molecule has 28 heavy (non-hydrogen) atoms. The first-order valence-corrected chi connectivity index (χ1v) is 8.80. The van der Waals surface area contributed by atoms with Crippen LogP contribution >= 0.6 is 0 Å². The number of hydrogen-bond acceptors (Lipinski definition) is 4. The highest BCUT2D eigenvalue weighted by Crippen LogP contribution is 2.31. The van der Waals surface area contributed by atoms with Crippen LogP contribution in [-0.2, 0) is 9.59 Å². The number of carbonyl (C=O) groups excluding carboxylic acids is 2. The maximum absolute atomic E-state index is 12.2. The Balaban J connectivity index is 1.40. The Labute approximate surface area is 161 Å². The Hall–Kier alpha value is -3.80. The molecule has 3 aromatic carbocycles. The summed E-state index contributed by atoms with van der Waals surface area (Å²) in [5, 5.41) is 7.38. The fourth-order valence-corrected chi connectivity index (χ4v) is 2.98. The molecule has 0 atom stereocenters. The SMILES string of the molecule is CC(=O)Nc1ccc(NC(=O)COc2ccc3oc4ccccc4c3c2)cc1. The summed E-state index contributed by atoms with van der Waals surface area (Å²) >= 11 is 0. The second-order valence-corrected chi connectivity index (χ2v) is 6.35. The summed E-state index contributed by atoms with van der Waals surface area (Å²) in [5.74, 6) is 0.173. The third-order valence-electron chi connectivity index (χ3n) is 4.21. The van der Waals surface area contributed by atoms with Crippen LogP contribution in [0.4, 0.5) is 11.4 Å². The van der Waals surface area contributed by atoms with E-state index in [4.69, 9.17) is 9.15 Å². The zero-order valence-electron chi connectivity index (χ0n) is 15.2. The van der Waals surface area contributed by atoms with Gasteiger partial charge in [0.2, 0.25) is 5.91 Å². The largest absolute Gasteiger partial charge is 0.484 e. The van der Waals surface area contributed by atoms with Crippen molar-refractivity contribution in [1.82, 2.24) is 0 Å². The number of benzene rings is 3. The van der Waals surface area contributed by atoms with E-state index in [9.17, 15) is 9.59 Å². The quantitative estimate of drug-likeness (QED) is 0.536. The minimum atomic E-state index is -0.274. The molecule has 6 nitrogen and oxygen atoms in total. The Bertz CT molecular complexity index is 1160. The van der Waals surface area contributed by atoms with Gasteiger partial charge >= 0.3 is 0 Å². The highest BCUT2D eigenvalue weighted by Gasteiger charge is 2.09. The first-order chi connectivity index (χ1) is 13.6. The Morgan fingerprint density at radius 3 is 2.29 bits per heavy atom. The normalized spacial score (nSPS) is 10.8. The molecule has 4 aromatic rings. The van der Waals surface area contributed by atoms with E-state index in [0.717, 1.165) is 21.9 Å². The van der Waals surface area contributed by atoms with E-state index in [-0.39, 0.29) is 18.4 Å². The van der Waals surface area contributed by atoms with Crippen molar-refractivity contribution in [3.05, 3.63) is 66.7 Å². The Morgan fingerprint density at radius 2 is 1.54 bits per heavy atom. The number of fused-ring (bicyclic) bond motifs is 3. The number of furan rings is 1. The van der Waals surface area contributed by atoms with E-state index >= 15 is 0 Å². The lowest BCUT2D eigenvalue weighted by Crippen LogP contribution is -2.20. The van der Waals surface area contributed by atoms with Crippen LogP contribution < -0.4 is 15.4 Å². The van der Waals surface area contributed by atoms with Gasteiger partial charge in [-0.15, -0.1) is 0 Å². The van der Waals surface area contributed by atoms with Crippen molar-refractivity contribution in [2.75, 3.05) is 17.2 Å². The number of anilines is 2. The van der Waals surface area contributed by atoms with Crippen LogP contribution in [0.2, 0.25) is 0 Å². The van der Waals surface area contributed by atoms with Crippen LogP contribution in [-0.4, -0.2) is 18.4 Å². The molecule has 0 saturated carbocycles. The smallest absolute Gasteiger partial charge is 0.262 e. The average Bonchev–Trinajstić information content (AvgIpc) is 3.05. The van der Waals surface area contributed by atoms with Gasteiger partial charge in [-0.25, -0.2) is 0 Å². The van der Waals surface area contributed by atoms with Gasteiger partial charge in [-0.05, 0) is 48.5 Å². The number of ether oxygens (including phenoxy) is 1. The van der Waals surface area contributed by atoms with Crippen LogP contribution in [0.5, 0.6) is 5.75 Å². The monoisotopic (exact) mass is 374 g/mol. The van der Waals surface area contributed by atoms with Crippen molar-refractivity contribution < 1.29 is 18.7 Å². The van der Waals surface area contributed by atoms with Crippen LogP contribution in [0.3, 0.4) is 0 Å². The van der Waals surface area contributed by atoms with Crippen molar-refractivity contribution in [1.29, 1.82) is 0 Å². The molecule has 2 amide bonds. The summed E-state index contributed by atoms with van der Waals surface area (Å²) < 4.78 is 11.4. The van der Waals surface area contributed by atoms with Gasteiger partial charge in [0.15, 0.2) is 6.61 Å². The Morgan fingerprint density at radius 1 is 0.857 bits per heavy atom. The molecule has 0 radical (unpaired) electrons. The van der Waals surface area contributed by atoms with E-state index in [1.807, 2.05) is 36.4 Å². The van der Waals surface area contributed by atoms with Gasteiger partial charge in [-0.1, -0.05) is 18.2 Å². The lowest BCUT2D eigenvalue weighted by molar-refractivity contribution is -0.118. The molecular weight excluding hydrogens is 356 g/mol.